The Hall–Kier alpha value is -0.620. The fourth-order valence-corrected chi connectivity index (χ4v) is 2.83. The predicted molar refractivity (Wildman–Crippen MR) is 65.6 cm³/mol. The zero-order valence-corrected chi connectivity index (χ0v) is 11.5. The summed E-state index contributed by atoms with van der Waals surface area (Å²) in [4.78, 5) is 0. The topological polar surface area (TPSA) is 18.5 Å². The van der Waals surface area contributed by atoms with E-state index < -0.39 is 17.9 Å². The number of allylic oxidation sites excluding steroid dienone is 2. The molecule has 0 atom stereocenters. The molecular weight excluding hydrogens is 276 g/mol. The summed E-state index contributed by atoms with van der Waals surface area (Å²) in [5.74, 6) is -1.13. The molecule has 1 heterocycles. The molecule has 6 heteroatoms. The van der Waals surface area contributed by atoms with Crippen LogP contribution in [0.5, 0.6) is 0 Å². The van der Waals surface area contributed by atoms with Gasteiger partial charge < -0.3 is 9.47 Å². The van der Waals surface area contributed by atoms with E-state index in [4.69, 9.17) is 9.47 Å². The van der Waals surface area contributed by atoms with Crippen LogP contribution in [-0.4, -0.2) is 25.7 Å². The second-order valence-corrected chi connectivity index (χ2v) is 5.82. The van der Waals surface area contributed by atoms with Crippen molar-refractivity contribution in [1.82, 2.24) is 0 Å². The van der Waals surface area contributed by atoms with Gasteiger partial charge in [-0.3, -0.25) is 0 Å². The summed E-state index contributed by atoms with van der Waals surface area (Å²) in [6.07, 6.45) is -2.95. The molecule has 0 unspecified atom stereocenters. The lowest BCUT2D eigenvalue weighted by molar-refractivity contribution is -0.226. The van der Waals surface area contributed by atoms with Crippen LogP contribution >= 0.6 is 0 Å². The van der Waals surface area contributed by atoms with E-state index in [2.05, 4.69) is 0 Å². The molecule has 0 bridgehead atoms. The SMILES string of the molecule is CC1COC(C2CCC(/C(F)=C/C(F)(F)F)CC2)OC1. The molecule has 0 radical (unpaired) electrons. The lowest BCUT2D eigenvalue weighted by Gasteiger charge is -2.36. The van der Waals surface area contributed by atoms with Crippen LogP contribution in [0, 0.1) is 17.8 Å². The zero-order chi connectivity index (χ0) is 14.8. The van der Waals surface area contributed by atoms with Crippen molar-refractivity contribution in [3.8, 4) is 0 Å². The highest BCUT2D eigenvalue weighted by Crippen LogP contribution is 2.38. The van der Waals surface area contributed by atoms with Crippen molar-refractivity contribution in [1.29, 1.82) is 0 Å². The number of alkyl halides is 3. The van der Waals surface area contributed by atoms with Crippen LogP contribution in [0.3, 0.4) is 0 Å². The standard InChI is InChI=1S/C14H20F4O2/c1-9-7-19-13(20-8-9)11-4-2-10(3-5-11)12(15)6-14(16,17)18/h6,9-11,13H,2-5,7-8H2,1H3/b12-6-. The predicted octanol–water partition coefficient (Wildman–Crippen LogP) is 4.22. The lowest BCUT2D eigenvalue weighted by Crippen LogP contribution is -2.37. The number of ether oxygens (including phenoxy) is 2. The summed E-state index contributed by atoms with van der Waals surface area (Å²) >= 11 is 0. The molecule has 2 fully saturated rings. The monoisotopic (exact) mass is 296 g/mol. The Morgan fingerprint density at radius 1 is 1.05 bits per heavy atom. The molecule has 0 spiro atoms. The number of hydrogen-bond acceptors (Lipinski definition) is 2. The van der Waals surface area contributed by atoms with Crippen molar-refractivity contribution in [2.45, 2.75) is 45.1 Å². The Kier molecular flexibility index (Phi) is 5.07. The van der Waals surface area contributed by atoms with E-state index in [0.717, 1.165) is 0 Å². The number of hydrogen-bond donors (Lipinski definition) is 0. The van der Waals surface area contributed by atoms with Gasteiger partial charge in [0.15, 0.2) is 6.29 Å². The smallest absolute Gasteiger partial charge is 0.352 e. The molecule has 1 saturated heterocycles. The van der Waals surface area contributed by atoms with Crippen LogP contribution in [0.15, 0.2) is 11.9 Å². The van der Waals surface area contributed by atoms with Gasteiger partial charge in [-0.25, -0.2) is 4.39 Å². The van der Waals surface area contributed by atoms with Crippen LogP contribution < -0.4 is 0 Å². The fourth-order valence-electron chi connectivity index (χ4n) is 2.83. The summed E-state index contributed by atoms with van der Waals surface area (Å²) in [6, 6.07) is 0. The van der Waals surface area contributed by atoms with Crippen molar-refractivity contribution in [2.75, 3.05) is 13.2 Å². The molecule has 2 nitrogen and oxygen atoms in total. The zero-order valence-electron chi connectivity index (χ0n) is 11.5. The molecule has 0 amide bonds. The lowest BCUT2D eigenvalue weighted by atomic mass is 9.80. The first-order valence-corrected chi connectivity index (χ1v) is 7.03. The average molecular weight is 296 g/mol. The maximum Gasteiger partial charge on any atom is 0.412 e. The van der Waals surface area contributed by atoms with Gasteiger partial charge in [0.25, 0.3) is 0 Å². The van der Waals surface area contributed by atoms with Crippen LogP contribution in [0.4, 0.5) is 17.6 Å². The minimum Gasteiger partial charge on any atom is -0.352 e. The van der Waals surface area contributed by atoms with Gasteiger partial charge in [0, 0.05) is 17.8 Å². The third kappa shape index (κ3) is 4.45. The molecule has 0 aromatic heterocycles. The molecule has 116 valence electrons. The third-order valence-corrected chi connectivity index (χ3v) is 3.94. The highest BCUT2D eigenvalue weighted by molar-refractivity contribution is 5.03. The second-order valence-electron chi connectivity index (χ2n) is 5.82. The molecule has 1 aliphatic heterocycles. The first-order chi connectivity index (χ1) is 9.35. The molecule has 1 saturated carbocycles. The molecule has 0 N–H and O–H groups in total. The highest BCUT2D eigenvalue weighted by atomic mass is 19.4. The van der Waals surface area contributed by atoms with Crippen LogP contribution in [0.1, 0.15) is 32.6 Å². The molecular formula is C14H20F4O2. The number of rotatable bonds is 2. The maximum absolute atomic E-state index is 13.5. The first-order valence-electron chi connectivity index (χ1n) is 7.03. The van der Waals surface area contributed by atoms with Crippen LogP contribution in [0.2, 0.25) is 0 Å². The van der Waals surface area contributed by atoms with Gasteiger partial charge >= 0.3 is 6.18 Å². The number of halogens is 4. The maximum atomic E-state index is 13.5. The Morgan fingerprint density at radius 3 is 2.10 bits per heavy atom. The van der Waals surface area contributed by atoms with Gasteiger partial charge in [-0.05, 0) is 25.7 Å². The van der Waals surface area contributed by atoms with E-state index in [0.29, 0.717) is 44.8 Å². The van der Waals surface area contributed by atoms with E-state index in [1.165, 1.54) is 0 Å². The van der Waals surface area contributed by atoms with Gasteiger partial charge in [0.2, 0.25) is 0 Å². The minimum atomic E-state index is -4.58. The summed E-state index contributed by atoms with van der Waals surface area (Å²) in [5, 5.41) is 0. The van der Waals surface area contributed by atoms with Crippen LogP contribution in [-0.2, 0) is 9.47 Å². The van der Waals surface area contributed by atoms with E-state index in [1.54, 1.807) is 0 Å². The van der Waals surface area contributed by atoms with Gasteiger partial charge in [0.1, 0.15) is 5.83 Å². The first kappa shape index (κ1) is 15.8. The second kappa shape index (κ2) is 6.43. The third-order valence-electron chi connectivity index (χ3n) is 3.94. The van der Waals surface area contributed by atoms with Gasteiger partial charge in [0.05, 0.1) is 19.3 Å². The Balaban J connectivity index is 1.82. The molecule has 20 heavy (non-hydrogen) atoms. The Bertz CT molecular complexity index is 338. The molecule has 0 aromatic carbocycles. The summed E-state index contributed by atoms with van der Waals surface area (Å²) in [7, 11) is 0. The Morgan fingerprint density at radius 2 is 1.60 bits per heavy atom. The van der Waals surface area contributed by atoms with Crippen molar-refractivity contribution in [2.24, 2.45) is 17.8 Å². The van der Waals surface area contributed by atoms with E-state index in [-0.39, 0.29) is 18.3 Å². The quantitative estimate of drug-likeness (QED) is 0.710. The molecule has 1 aliphatic carbocycles. The summed E-state index contributed by atoms with van der Waals surface area (Å²) in [5.41, 5.74) is 0. The van der Waals surface area contributed by atoms with Crippen molar-refractivity contribution in [3.63, 3.8) is 0 Å². The minimum absolute atomic E-state index is 0.164. The summed E-state index contributed by atoms with van der Waals surface area (Å²) in [6.45, 7) is 3.32. The van der Waals surface area contributed by atoms with Gasteiger partial charge in [-0.2, -0.15) is 13.2 Å². The van der Waals surface area contributed by atoms with Gasteiger partial charge in [-0.15, -0.1) is 0 Å². The van der Waals surface area contributed by atoms with Crippen molar-refractivity contribution >= 4 is 0 Å². The molecule has 2 rings (SSSR count). The van der Waals surface area contributed by atoms with Crippen molar-refractivity contribution in [3.05, 3.63) is 11.9 Å². The Labute approximate surface area is 116 Å². The van der Waals surface area contributed by atoms with E-state index in [9.17, 15) is 17.6 Å². The van der Waals surface area contributed by atoms with E-state index >= 15 is 0 Å². The van der Waals surface area contributed by atoms with Crippen LogP contribution in [0.25, 0.3) is 0 Å². The van der Waals surface area contributed by atoms with Gasteiger partial charge in [-0.1, -0.05) is 6.92 Å². The molecule has 2 aliphatic rings. The largest absolute Gasteiger partial charge is 0.412 e. The van der Waals surface area contributed by atoms with Crippen molar-refractivity contribution < 1.29 is 27.0 Å². The summed E-state index contributed by atoms with van der Waals surface area (Å²) < 4.78 is 61.0. The average Bonchev–Trinajstić information content (AvgIpc) is 2.38. The normalized spacial score (nSPS) is 37.0. The fraction of sp³-hybridized carbons (Fsp3) is 0.857. The molecule has 0 aromatic rings. The van der Waals surface area contributed by atoms with E-state index in [1.807, 2.05) is 6.92 Å². The highest BCUT2D eigenvalue weighted by Gasteiger charge is 2.34.